The highest BCUT2D eigenvalue weighted by Crippen LogP contribution is 2.14. The molecule has 1 aliphatic heterocycles. The summed E-state index contributed by atoms with van der Waals surface area (Å²) < 4.78 is 29.2. The Morgan fingerprint density at radius 3 is 2.33 bits per heavy atom. The van der Waals surface area contributed by atoms with Crippen LogP contribution in [0.4, 0.5) is 0 Å². The zero-order valence-electron chi connectivity index (χ0n) is 10.4. The number of hydrogen-bond acceptors (Lipinski definition) is 4. The van der Waals surface area contributed by atoms with Crippen LogP contribution in [0.15, 0.2) is 16.7 Å². The lowest BCUT2D eigenvalue weighted by Crippen LogP contribution is -2.50. The molecule has 1 aromatic heterocycles. The molecule has 0 saturated carbocycles. The minimum Gasteiger partial charge on any atom is -0.459 e. The Labute approximate surface area is 106 Å². The van der Waals surface area contributed by atoms with Crippen LogP contribution in [0, 0.1) is 6.92 Å². The summed E-state index contributed by atoms with van der Waals surface area (Å²) in [5.74, 6) is 0.161. The van der Waals surface area contributed by atoms with E-state index < -0.39 is 10.0 Å². The maximum Gasteiger partial charge on any atom is 0.289 e. The molecular formula is C11H16N2O4S. The van der Waals surface area contributed by atoms with E-state index in [9.17, 15) is 13.2 Å². The maximum absolute atomic E-state index is 12.1. The topological polar surface area (TPSA) is 70.8 Å². The number of hydrogen-bond donors (Lipinski definition) is 0. The zero-order chi connectivity index (χ0) is 13.3. The number of amides is 1. The molecule has 18 heavy (non-hydrogen) atoms. The van der Waals surface area contributed by atoms with Gasteiger partial charge < -0.3 is 9.32 Å². The van der Waals surface area contributed by atoms with Gasteiger partial charge >= 0.3 is 0 Å². The molecule has 0 bridgehead atoms. The Morgan fingerprint density at radius 1 is 1.28 bits per heavy atom. The third kappa shape index (κ3) is 2.56. The minimum absolute atomic E-state index is 0.175. The van der Waals surface area contributed by atoms with E-state index in [-0.39, 0.29) is 5.91 Å². The van der Waals surface area contributed by atoms with Gasteiger partial charge in [-0.1, -0.05) is 0 Å². The summed E-state index contributed by atoms with van der Waals surface area (Å²) in [6.45, 7) is 3.27. The van der Waals surface area contributed by atoms with E-state index in [0.29, 0.717) is 31.9 Å². The van der Waals surface area contributed by atoms with E-state index in [4.69, 9.17) is 4.42 Å². The number of piperazine rings is 1. The highest BCUT2D eigenvalue weighted by atomic mass is 32.2. The Bertz CT molecular complexity index is 541. The van der Waals surface area contributed by atoms with Crippen LogP contribution in [0.5, 0.6) is 0 Å². The van der Waals surface area contributed by atoms with Crippen molar-refractivity contribution in [2.45, 2.75) is 6.92 Å². The van der Waals surface area contributed by atoms with E-state index in [0.717, 1.165) is 5.56 Å². The number of carbonyl (C=O) groups is 1. The largest absolute Gasteiger partial charge is 0.459 e. The van der Waals surface area contributed by atoms with Crippen LogP contribution >= 0.6 is 0 Å². The molecule has 7 heteroatoms. The number of rotatable bonds is 2. The lowest BCUT2D eigenvalue weighted by atomic mass is 10.2. The molecule has 0 atom stereocenters. The normalized spacial score (nSPS) is 18.0. The van der Waals surface area contributed by atoms with Gasteiger partial charge in [0.2, 0.25) is 10.0 Å². The predicted octanol–water partition coefficient (Wildman–Crippen LogP) is 0.305. The third-order valence-electron chi connectivity index (χ3n) is 3.05. The van der Waals surface area contributed by atoms with Crippen molar-refractivity contribution in [2.75, 3.05) is 32.4 Å². The molecule has 0 N–H and O–H groups in total. The first-order valence-corrected chi connectivity index (χ1v) is 7.53. The summed E-state index contributed by atoms with van der Waals surface area (Å²) in [6, 6.07) is 1.74. The van der Waals surface area contributed by atoms with Crippen molar-refractivity contribution in [3.8, 4) is 0 Å². The van der Waals surface area contributed by atoms with Gasteiger partial charge in [0.25, 0.3) is 5.91 Å². The van der Waals surface area contributed by atoms with Crippen molar-refractivity contribution in [2.24, 2.45) is 0 Å². The monoisotopic (exact) mass is 272 g/mol. The summed E-state index contributed by atoms with van der Waals surface area (Å²) in [5, 5.41) is 0. The predicted molar refractivity (Wildman–Crippen MR) is 65.8 cm³/mol. The SMILES string of the molecule is Cc1ccoc1C(=O)N1CCN(S(C)(=O)=O)CC1. The molecule has 0 aliphatic carbocycles. The van der Waals surface area contributed by atoms with Crippen molar-refractivity contribution in [3.05, 3.63) is 23.7 Å². The lowest BCUT2D eigenvalue weighted by molar-refractivity contribution is 0.0665. The fourth-order valence-corrected chi connectivity index (χ4v) is 2.78. The number of nitrogens with zero attached hydrogens (tertiary/aromatic N) is 2. The molecule has 1 aromatic rings. The van der Waals surface area contributed by atoms with Crippen molar-refractivity contribution in [3.63, 3.8) is 0 Å². The second kappa shape index (κ2) is 4.74. The summed E-state index contributed by atoms with van der Waals surface area (Å²) in [7, 11) is -3.17. The molecular weight excluding hydrogens is 256 g/mol. The van der Waals surface area contributed by atoms with E-state index in [1.54, 1.807) is 11.0 Å². The van der Waals surface area contributed by atoms with Crippen LogP contribution in [0.1, 0.15) is 16.1 Å². The van der Waals surface area contributed by atoms with Crippen molar-refractivity contribution in [1.29, 1.82) is 0 Å². The first-order valence-electron chi connectivity index (χ1n) is 5.68. The molecule has 2 heterocycles. The Hall–Kier alpha value is -1.34. The molecule has 0 aromatic carbocycles. The first-order chi connectivity index (χ1) is 8.39. The van der Waals surface area contributed by atoms with Gasteiger partial charge in [-0.15, -0.1) is 0 Å². The standard InChI is InChI=1S/C11H16N2O4S/c1-9-3-8-17-10(9)11(14)12-4-6-13(7-5-12)18(2,15)16/h3,8H,4-7H2,1-2H3. The van der Waals surface area contributed by atoms with Crippen molar-refractivity contribution in [1.82, 2.24) is 9.21 Å². The average Bonchev–Trinajstić information content (AvgIpc) is 2.73. The van der Waals surface area contributed by atoms with Gasteiger partial charge in [0, 0.05) is 31.7 Å². The van der Waals surface area contributed by atoms with Crippen molar-refractivity contribution >= 4 is 15.9 Å². The quantitative estimate of drug-likeness (QED) is 0.776. The van der Waals surface area contributed by atoms with E-state index in [1.807, 2.05) is 6.92 Å². The first kappa shape index (κ1) is 13.1. The fraction of sp³-hybridized carbons (Fsp3) is 0.545. The van der Waals surface area contributed by atoms with Gasteiger partial charge in [0.1, 0.15) is 0 Å². The zero-order valence-corrected chi connectivity index (χ0v) is 11.2. The molecule has 1 fully saturated rings. The lowest BCUT2D eigenvalue weighted by Gasteiger charge is -2.32. The average molecular weight is 272 g/mol. The van der Waals surface area contributed by atoms with Gasteiger partial charge in [0.15, 0.2) is 5.76 Å². The Kier molecular flexibility index (Phi) is 3.45. The van der Waals surface area contributed by atoms with Crippen LogP contribution in [-0.4, -0.2) is 56.0 Å². The maximum atomic E-state index is 12.1. The fourth-order valence-electron chi connectivity index (χ4n) is 1.96. The molecule has 100 valence electrons. The van der Waals surface area contributed by atoms with E-state index >= 15 is 0 Å². The number of carbonyl (C=O) groups excluding carboxylic acids is 1. The smallest absolute Gasteiger partial charge is 0.289 e. The number of furan rings is 1. The number of aryl methyl sites for hydroxylation is 1. The van der Waals surface area contributed by atoms with Crippen LogP contribution < -0.4 is 0 Å². The molecule has 1 amide bonds. The van der Waals surface area contributed by atoms with Gasteiger partial charge in [-0.05, 0) is 13.0 Å². The Balaban J connectivity index is 2.03. The van der Waals surface area contributed by atoms with Gasteiger partial charge in [-0.2, -0.15) is 4.31 Å². The third-order valence-corrected chi connectivity index (χ3v) is 4.35. The highest BCUT2D eigenvalue weighted by molar-refractivity contribution is 7.88. The second-order valence-corrected chi connectivity index (χ2v) is 6.37. The Morgan fingerprint density at radius 2 is 1.89 bits per heavy atom. The number of sulfonamides is 1. The van der Waals surface area contributed by atoms with Gasteiger partial charge in [-0.3, -0.25) is 4.79 Å². The van der Waals surface area contributed by atoms with E-state index in [1.165, 1.54) is 16.8 Å². The second-order valence-electron chi connectivity index (χ2n) is 4.39. The van der Waals surface area contributed by atoms with E-state index in [2.05, 4.69) is 0 Å². The van der Waals surface area contributed by atoms with Gasteiger partial charge in [0.05, 0.1) is 12.5 Å². The van der Waals surface area contributed by atoms with Crippen LogP contribution in [-0.2, 0) is 10.0 Å². The summed E-state index contributed by atoms with van der Waals surface area (Å²) in [4.78, 5) is 13.7. The molecule has 6 nitrogen and oxygen atoms in total. The molecule has 0 radical (unpaired) electrons. The summed E-state index contributed by atoms with van der Waals surface area (Å²) in [6.07, 6.45) is 2.66. The molecule has 0 unspecified atom stereocenters. The highest BCUT2D eigenvalue weighted by Gasteiger charge is 2.28. The van der Waals surface area contributed by atoms with Crippen molar-refractivity contribution < 1.29 is 17.6 Å². The molecule has 0 spiro atoms. The summed E-state index contributed by atoms with van der Waals surface area (Å²) in [5.41, 5.74) is 0.797. The molecule has 1 aliphatic rings. The minimum atomic E-state index is -3.17. The molecule has 2 rings (SSSR count). The van der Waals surface area contributed by atoms with Crippen LogP contribution in [0.3, 0.4) is 0 Å². The van der Waals surface area contributed by atoms with Crippen LogP contribution in [0.25, 0.3) is 0 Å². The van der Waals surface area contributed by atoms with Gasteiger partial charge in [-0.25, -0.2) is 8.42 Å². The molecule has 1 saturated heterocycles. The summed E-state index contributed by atoms with van der Waals surface area (Å²) >= 11 is 0. The van der Waals surface area contributed by atoms with Crippen LogP contribution in [0.2, 0.25) is 0 Å².